The third kappa shape index (κ3) is 3.73. The fourth-order valence-electron chi connectivity index (χ4n) is 6.25. The van der Waals surface area contributed by atoms with Gasteiger partial charge in [-0.05, 0) is 86.2 Å². The van der Waals surface area contributed by atoms with Crippen LogP contribution in [-0.4, -0.2) is 36.9 Å². The van der Waals surface area contributed by atoms with Crippen molar-refractivity contribution in [3.05, 3.63) is 29.3 Å². The van der Waals surface area contributed by atoms with Crippen LogP contribution in [0.3, 0.4) is 0 Å². The zero-order valence-electron chi connectivity index (χ0n) is 17.7. The van der Waals surface area contributed by atoms with E-state index in [4.69, 9.17) is 4.74 Å². The number of Topliss-reactive ketones (excluding diaryl/α,β-unsaturated/α-hetero) is 1. The first-order valence-corrected chi connectivity index (χ1v) is 11.1. The van der Waals surface area contributed by atoms with Gasteiger partial charge in [-0.25, -0.2) is 0 Å². The van der Waals surface area contributed by atoms with Gasteiger partial charge < -0.3 is 9.64 Å². The molecule has 28 heavy (non-hydrogen) atoms. The third-order valence-electron chi connectivity index (χ3n) is 7.98. The Balaban J connectivity index is 0.00000225. The lowest BCUT2D eigenvalue weighted by Gasteiger charge is -2.48. The zero-order valence-corrected chi connectivity index (χ0v) is 18.5. The fraction of sp³-hybridized carbons (Fsp3) is 0.708. The molecular weight excluding hydrogens is 370 g/mol. The summed E-state index contributed by atoms with van der Waals surface area (Å²) in [6.07, 6.45) is 6.59. The van der Waals surface area contributed by atoms with Gasteiger partial charge in [0.25, 0.3) is 0 Å². The standard InChI is InChI=1S/C24H35NO2.ClH/c1-4-25(5-2)14-15-27-18-7-9-19-17(16-18)6-8-21-20(19)12-13-24(3)22(21)10-11-23(24)26;/h7,9,16,20-22H,4-6,8,10-15H2,1-3H3;1H/t20-,21-,22+,24+;/m1./s1. The van der Waals surface area contributed by atoms with Crippen LogP contribution in [0.5, 0.6) is 5.75 Å². The molecule has 2 fully saturated rings. The minimum absolute atomic E-state index is 0. The molecule has 0 aromatic heterocycles. The highest BCUT2D eigenvalue weighted by Crippen LogP contribution is 2.59. The van der Waals surface area contributed by atoms with E-state index >= 15 is 0 Å². The molecule has 0 heterocycles. The monoisotopic (exact) mass is 405 g/mol. The van der Waals surface area contributed by atoms with Crippen molar-refractivity contribution >= 4 is 18.2 Å². The highest BCUT2D eigenvalue weighted by atomic mass is 35.5. The molecule has 0 N–H and O–H groups in total. The van der Waals surface area contributed by atoms with Gasteiger partial charge >= 0.3 is 0 Å². The summed E-state index contributed by atoms with van der Waals surface area (Å²) in [6, 6.07) is 6.80. The molecule has 3 aliphatic carbocycles. The first kappa shape index (κ1) is 21.6. The van der Waals surface area contributed by atoms with Gasteiger partial charge in [0, 0.05) is 18.4 Å². The predicted octanol–water partition coefficient (Wildman–Crippen LogP) is 5.25. The quantitative estimate of drug-likeness (QED) is 0.646. The van der Waals surface area contributed by atoms with Crippen molar-refractivity contribution in [1.29, 1.82) is 0 Å². The van der Waals surface area contributed by atoms with Gasteiger partial charge in [0.1, 0.15) is 18.1 Å². The number of fused-ring (bicyclic) bond motifs is 5. The second-order valence-corrected chi connectivity index (χ2v) is 9.07. The molecule has 0 unspecified atom stereocenters. The molecule has 0 aliphatic heterocycles. The van der Waals surface area contributed by atoms with Crippen molar-refractivity contribution in [2.45, 2.75) is 65.2 Å². The first-order chi connectivity index (χ1) is 13.1. The molecule has 4 rings (SSSR count). The van der Waals surface area contributed by atoms with E-state index in [0.29, 0.717) is 23.5 Å². The number of hydrogen-bond donors (Lipinski definition) is 0. The van der Waals surface area contributed by atoms with Crippen molar-refractivity contribution in [3.63, 3.8) is 0 Å². The molecule has 156 valence electrons. The number of halogens is 1. The molecule has 0 saturated heterocycles. The van der Waals surface area contributed by atoms with E-state index in [1.54, 1.807) is 5.56 Å². The van der Waals surface area contributed by atoms with E-state index in [1.807, 2.05) is 0 Å². The second kappa shape index (κ2) is 8.75. The lowest BCUT2D eigenvalue weighted by molar-refractivity contribution is -0.129. The van der Waals surface area contributed by atoms with Crippen LogP contribution < -0.4 is 4.74 Å². The van der Waals surface area contributed by atoms with Gasteiger partial charge in [-0.3, -0.25) is 4.79 Å². The molecule has 0 bridgehead atoms. The number of carbonyl (C=O) groups is 1. The van der Waals surface area contributed by atoms with Gasteiger partial charge in [0.15, 0.2) is 0 Å². The zero-order chi connectivity index (χ0) is 19.0. The van der Waals surface area contributed by atoms with Gasteiger partial charge in [-0.1, -0.05) is 26.8 Å². The van der Waals surface area contributed by atoms with Gasteiger partial charge in [-0.2, -0.15) is 0 Å². The molecule has 3 nitrogen and oxygen atoms in total. The van der Waals surface area contributed by atoms with Gasteiger partial charge in [0.2, 0.25) is 0 Å². The van der Waals surface area contributed by atoms with E-state index in [2.05, 4.69) is 43.9 Å². The lowest BCUT2D eigenvalue weighted by Crippen LogP contribution is -2.42. The van der Waals surface area contributed by atoms with Crippen LogP contribution in [0.15, 0.2) is 18.2 Å². The summed E-state index contributed by atoms with van der Waals surface area (Å²) in [5.74, 6) is 3.53. The summed E-state index contributed by atoms with van der Waals surface area (Å²) in [7, 11) is 0. The van der Waals surface area contributed by atoms with Crippen LogP contribution in [0, 0.1) is 17.3 Å². The normalized spacial score (nSPS) is 31.0. The summed E-state index contributed by atoms with van der Waals surface area (Å²) in [4.78, 5) is 14.9. The highest BCUT2D eigenvalue weighted by Gasteiger charge is 2.54. The van der Waals surface area contributed by atoms with Crippen molar-refractivity contribution in [1.82, 2.24) is 4.90 Å². The number of likely N-dealkylation sites (N-methyl/N-ethyl adjacent to an activating group) is 1. The average Bonchev–Trinajstić information content (AvgIpc) is 3.00. The maximum atomic E-state index is 12.5. The van der Waals surface area contributed by atoms with Crippen molar-refractivity contribution in [2.75, 3.05) is 26.2 Å². The highest BCUT2D eigenvalue weighted by molar-refractivity contribution is 5.87. The molecule has 0 spiro atoms. The summed E-state index contributed by atoms with van der Waals surface area (Å²) in [5, 5.41) is 0. The molecule has 3 aliphatic rings. The number of aryl methyl sites for hydroxylation is 1. The number of ether oxygens (including phenoxy) is 1. The van der Waals surface area contributed by atoms with E-state index in [-0.39, 0.29) is 17.8 Å². The molecule has 0 radical (unpaired) electrons. The summed E-state index contributed by atoms with van der Waals surface area (Å²) < 4.78 is 6.06. The number of nitrogens with zero attached hydrogens (tertiary/aromatic N) is 1. The number of benzene rings is 1. The minimum Gasteiger partial charge on any atom is -0.492 e. The Morgan fingerprint density at radius 1 is 1.14 bits per heavy atom. The SMILES string of the molecule is CCN(CC)CCOc1ccc2c(c1)CC[C@@H]1[C@@H]2CC[C@]2(C)C(=O)CC[C@@H]12.Cl. The van der Waals surface area contributed by atoms with Gasteiger partial charge in [0.05, 0.1) is 0 Å². The van der Waals surface area contributed by atoms with E-state index in [0.717, 1.165) is 57.7 Å². The van der Waals surface area contributed by atoms with E-state index < -0.39 is 0 Å². The Morgan fingerprint density at radius 3 is 2.68 bits per heavy atom. The molecule has 4 atom stereocenters. The maximum Gasteiger partial charge on any atom is 0.139 e. The maximum absolute atomic E-state index is 12.5. The average molecular weight is 406 g/mol. The third-order valence-corrected chi connectivity index (χ3v) is 7.98. The lowest BCUT2D eigenvalue weighted by atomic mass is 9.55. The van der Waals surface area contributed by atoms with Crippen LogP contribution in [0.4, 0.5) is 0 Å². The first-order valence-electron chi connectivity index (χ1n) is 11.1. The van der Waals surface area contributed by atoms with Crippen molar-refractivity contribution < 1.29 is 9.53 Å². The van der Waals surface area contributed by atoms with Crippen LogP contribution >= 0.6 is 12.4 Å². The number of ketones is 1. The van der Waals surface area contributed by atoms with E-state index in [1.165, 1.54) is 18.4 Å². The summed E-state index contributed by atoms with van der Waals surface area (Å²) >= 11 is 0. The molecule has 1 aromatic rings. The van der Waals surface area contributed by atoms with Crippen molar-refractivity contribution in [2.24, 2.45) is 17.3 Å². The summed E-state index contributed by atoms with van der Waals surface area (Å²) in [5.41, 5.74) is 3.01. The van der Waals surface area contributed by atoms with Crippen LogP contribution in [0.25, 0.3) is 0 Å². The van der Waals surface area contributed by atoms with E-state index in [9.17, 15) is 4.79 Å². The van der Waals surface area contributed by atoms with Crippen LogP contribution in [-0.2, 0) is 11.2 Å². The minimum atomic E-state index is -0.0217. The molecule has 2 saturated carbocycles. The number of carbonyl (C=O) groups excluding carboxylic acids is 1. The Morgan fingerprint density at radius 2 is 1.93 bits per heavy atom. The molecular formula is C24H36ClNO2. The van der Waals surface area contributed by atoms with Crippen LogP contribution in [0.2, 0.25) is 0 Å². The smallest absolute Gasteiger partial charge is 0.139 e. The number of hydrogen-bond acceptors (Lipinski definition) is 3. The second-order valence-electron chi connectivity index (χ2n) is 9.07. The summed E-state index contributed by atoms with van der Waals surface area (Å²) in [6.45, 7) is 10.6. The number of rotatable bonds is 6. The Hall–Kier alpha value is -1.06. The molecule has 1 aromatic carbocycles. The predicted molar refractivity (Wildman–Crippen MR) is 117 cm³/mol. The molecule has 4 heteroatoms. The topological polar surface area (TPSA) is 29.5 Å². The fourth-order valence-corrected chi connectivity index (χ4v) is 6.25. The Bertz CT molecular complexity index is 702. The Kier molecular flexibility index (Phi) is 6.76. The van der Waals surface area contributed by atoms with Crippen molar-refractivity contribution in [3.8, 4) is 5.75 Å². The van der Waals surface area contributed by atoms with Crippen LogP contribution in [0.1, 0.15) is 69.9 Å². The van der Waals surface area contributed by atoms with Gasteiger partial charge in [-0.15, -0.1) is 12.4 Å². The largest absolute Gasteiger partial charge is 0.492 e. The Labute approximate surface area is 176 Å². The molecule has 0 amide bonds.